The fourth-order valence-electron chi connectivity index (χ4n) is 5.47. The normalized spacial score (nSPS) is 43.0. The third kappa shape index (κ3) is 3.21. The van der Waals surface area contributed by atoms with Gasteiger partial charge in [0, 0.05) is 0 Å². The van der Waals surface area contributed by atoms with Crippen molar-refractivity contribution in [2.75, 3.05) is 0 Å². The average Bonchev–Trinajstić information content (AvgIpc) is 2.86. The van der Waals surface area contributed by atoms with Crippen LogP contribution in [0.2, 0.25) is 0 Å². The Bertz CT molecular complexity index is 528. The van der Waals surface area contributed by atoms with Gasteiger partial charge in [0.2, 0.25) is 0 Å². The second-order valence-corrected chi connectivity index (χ2v) is 8.27. The monoisotopic (exact) mass is 316 g/mol. The van der Waals surface area contributed by atoms with Gasteiger partial charge in [-0.2, -0.15) is 0 Å². The van der Waals surface area contributed by atoms with E-state index in [0.717, 1.165) is 25.7 Å². The van der Waals surface area contributed by atoms with Gasteiger partial charge in [-0.25, -0.2) is 0 Å². The quantitative estimate of drug-likeness (QED) is 0.785. The van der Waals surface area contributed by atoms with Crippen molar-refractivity contribution in [3.05, 3.63) is 35.5 Å². The molecule has 2 heteroatoms. The van der Waals surface area contributed by atoms with E-state index in [1.54, 1.807) is 5.57 Å². The molecular weight excluding hydrogens is 284 g/mol. The fourth-order valence-corrected chi connectivity index (χ4v) is 5.47. The minimum absolute atomic E-state index is 0.198. The van der Waals surface area contributed by atoms with Gasteiger partial charge in [-0.05, 0) is 81.1 Å². The standard InChI is InChI=1S/C21H32O2/c1-14-6-9-18(23)13-17(14)8-7-16-5-4-12-21(3)19(15(2)22)10-11-20(16)21/h7-8,15,18-20,22-23H,1,4-6,9-13H2,2-3H3/b16-7+,17-8-/t15?,18-,19-,20+,21-/m1/s1. The van der Waals surface area contributed by atoms with Crippen molar-refractivity contribution in [3.63, 3.8) is 0 Å². The summed E-state index contributed by atoms with van der Waals surface area (Å²) in [4.78, 5) is 0. The second-order valence-electron chi connectivity index (χ2n) is 8.27. The molecule has 3 aliphatic rings. The molecule has 23 heavy (non-hydrogen) atoms. The number of aliphatic hydroxyl groups is 2. The Morgan fingerprint density at radius 1 is 1.22 bits per heavy atom. The molecular formula is C21H32O2. The molecule has 0 aromatic heterocycles. The lowest BCUT2D eigenvalue weighted by molar-refractivity contribution is 0.0302. The molecule has 0 aromatic carbocycles. The Labute approximate surface area is 141 Å². The molecule has 0 radical (unpaired) electrons. The van der Waals surface area contributed by atoms with Crippen LogP contribution in [0.3, 0.4) is 0 Å². The smallest absolute Gasteiger partial charge is 0.0583 e. The molecule has 3 saturated carbocycles. The Kier molecular flexibility index (Phi) is 4.85. The molecule has 0 saturated heterocycles. The summed E-state index contributed by atoms with van der Waals surface area (Å²) in [6.45, 7) is 8.53. The summed E-state index contributed by atoms with van der Waals surface area (Å²) < 4.78 is 0. The van der Waals surface area contributed by atoms with Crippen LogP contribution in [0.25, 0.3) is 0 Å². The lowest BCUT2D eigenvalue weighted by Gasteiger charge is -2.43. The van der Waals surface area contributed by atoms with Gasteiger partial charge in [-0.15, -0.1) is 0 Å². The van der Waals surface area contributed by atoms with Crippen LogP contribution < -0.4 is 0 Å². The molecule has 0 aromatic rings. The molecule has 0 bridgehead atoms. The van der Waals surface area contributed by atoms with Crippen molar-refractivity contribution in [2.45, 2.75) is 77.4 Å². The van der Waals surface area contributed by atoms with Gasteiger partial charge in [0.05, 0.1) is 12.2 Å². The zero-order valence-corrected chi connectivity index (χ0v) is 14.7. The Morgan fingerprint density at radius 3 is 2.74 bits per heavy atom. The van der Waals surface area contributed by atoms with Crippen molar-refractivity contribution >= 4 is 0 Å². The molecule has 5 atom stereocenters. The molecule has 3 aliphatic carbocycles. The summed E-state index contributed by atoms with van der Waals surface area (Å²) in [6, 6.07) is 0. The number of hydrogen-bond acceptors (Lipinski definition) is 2. The molecule has 0 spiro atoms. The van der Waals surface area contributed by atoms with Gasteiger partial charge in [0.25, 0.3) is 0 Å². The van der Waals surface area contributed by atoms with Crippen molar-refractivity contribution < 1.29 is 10.2 Å². The van der Waals surface area contributed by atoms with Crippen LogP contribution >= 0.6 is 0 Å². The summed E-state index contributed by atoms with van der Waals surface area (Å²) in [5.41, 5.74) is 4.25. The van der Waals surface area contributed by atoms with Crippen molar-refractivity contribution in [1.29, 1.82) is 0 Å². The number of allylic oxidation sites excluding steroid dienone is 4. The van der Waals surface area contributed by atoms with Gasteiger partial charge in [0.15, 0.2) is 0 Å². The fraction of sp³-hybridized carbons (Fsp3) is 0.714. The van der Waals surface area contributed by atoms with Crippen molar-refractivity contribution in [3.8, 4) is 0 Å². The Morgan fingerprint density at radius 2 is 2.00 bits per heavy atom. The van der Waals surface area contributed by atoms with Gasteiger partial charge < -0.3 is 10.2 Å². The first-order valence-electron chi connectivity index (χ1n) is 9.35. The lowest BCUT2D eigenvalue weighted by Crippen LogP contribution is -2.37. The van der Waals surface area contributed by atoms with Crippen LogP contribution in [-0.2, 0) is 0 Å². The van der Waals surface area contributed by atoms with E-state index >= 15 is 0 Å². The first-order chi connectivity index (χ1) is 10.9. The minimum atomic E-state index is -0.201. The first kappa shape index (κ1) is 17.0. The summed E-state index contributed by atoms with van der Waals surface area (Å²) in [5, 5.41) is 20.1. The minimum Gasteiger partial charge on any atom is -0.393 e. The second kappa shape index (κ2) is 6.57. The maximum Gasteiger partial charge on any atom is 0.0583 e. The Hall–Kier alpha value is -0.860. The van der Waals surface area contributed by atoms with E-state index in [0.29, 0.717) is 11.8 Å². The molecule has 0 heterocycles. The number of rotatable bonds is 2. The third-order valence-corrected chi connectivity index (χ3v) is 6.81. The van der Waals surface area contributed by atoms with Crippen LogP contribution in [0.4, 0.5) is 0 Å². The van der Waals surface area contributed by atoms with E-state index in [1.807, 2.05) is 6.92 Å². The molecule has 2 nitrogen and oxygen atoms in total. The maximum absolute atomic E-state index is 10.2. The molecule has 1 unspecified atom stereocenters. The van der Waals surface area contributed by atoms with E-state index in [4.69, 9.17) is 0 Å². The topological polar surface area (TPSA) is 40.5 Å². The number of hydrogen-bond donors (Lipinski definition) is 2. The van der Waals surface area contributed by atoms with Gasteiger partial charge >= 0.3 is 0 Å². The van der Waals surface area contributed by atoms with Crippen LogP contribution in [0.5, 0.6) is 0 Å². The van der Waals surface area contributed by atoms with Gasteiger partial charge in [-0.1, -0.05) is 36.8 Å². The first-order valence-corrected chi connectivity index (χ1v) is 9.35. The lowest BCUT2D eigenvalue weighted by atomic mass is 9.62. The molecule has 3 rings (SSSR count). The summed E-state index contributed by atoms with van der Waals surface area (Å²) in [6.07, 6.45) is 12.7. The van der Waals surface area contributed by atoms with E-state index in [2.05, 4.69) is 25.7 Å². The highest BCUT2D eigenvalue weighted by molar-refractivity contribution is 5.36. The van der Waals surface area contributed by atoms with Crippen LogP contribution in [0.1, 0.15) is 65.2 Å². The van der Waals surface area contributed by atoms with Crippen molar-refractivity contribution in [1.82, 2.24) is 0 Å². The van der Waals surface area contributed by atoms with E-state index < -0.39 is 0 Å². The van der Waals surface area contributed by atoms with Crippen molar-refractivity contribution in [2.24, 2.45) is 17.3 Å². The number of fused-ring (bicyclic) bond motifs is 1. The van der Waals surface area contributed by atoms with Gasteiger partial charge in [0.1, 0.15) is 0 Å². The number of aliphatic hydroxyl groups excluding tert-OH is 2. The molecule has 2 N–H and O–H groups in total. The highest BCUT2D eigenvalue weighted by atomic mass is 16.3. The third-order valence-electron chi connectivity index (χ3n) is 6.81. The summed E-state index contributed by atoms with van der Waals surface area (Å²) in [5.74, 6) is 1.06. The maximum atomic E-state index is 10.2. The van der Waals surface area contributed by atoms with E-state index in [1.165, 1.54) is 36.8 Å². The molecule has 0 amide bonds. The van der Waals surface area contributed by atoms with E-state index in [-0.39, 0.29) is 17.6 Å². The SMILES string of the molecule is C=C1CC[C@@H](O)C/C1=C/C=C1\CCC[C@]2(C)[C@@H](C(C)O)CC[C@@H]12. The average molecular weight is 316 g/mol. The molecule has 3 fully saturated rings. The Balaban J connectivity index is 1.81. The summed E-state index contributed by atoms with van der Waals surface area (Å²) in [7, 11) is 0. The van der Waals surface area contributed by atoms with E-state index in [9.17, 15) is 10.2 Å². The molecule has 0 aliphatic heterocycles. The highest BCUT2D eigenvalue weighted by Crippen LogP contribution is 2.58. The summed E-state index contributed by atoms with van der Waals surface area (Å²) >= 11 is 0. The molecule has 128 valence electrons. The zero-order chi connectivity index (χ0) is 16.6. The predicted molar refractivity (Wildman–Crippen MR) is 95.0 cm³/mol. The largest absolute Gasteiger partial charge is 0.393 e. The van der Waals surface area contributed by atoms with Crippen LogP contribution in [0.15, 0.2) is 35.5 Å². The van der Waals surface area contributed by atoms with Crippen LogP contribution in [0, 0.1) is 17.3 Å². The predicted octanol–water partition coefficient (Wildman–Crippen LogP) is 4.54. The van der Waals surface area contributed by atoms with Crippen LogP contribution in [-0.4, -0.2) is 22.4 Å². The van der Waals surface area contributed by atoms with Gasteiger partial charge in [-0.3, -0.25) is 0 Å². The highest BCUT2D eigenvalue weighted by Gasteiger charge is 2.50. The zero-order valence-electron chi connectivity index (χ0n) is 14.7.